The van der Waals surface area contributed by atoms with Crippen LogP contribution in [0.15, 0.2) is 23.4 Å². The fourth-order valence-corrected chi connectivity index (χ4v) is 4.22. The summed E-state index contributed by atoms with van der Waals surface area (Å²) in [4.78, 5) is 0. The fraction of sp³-hybridized carbons (Fsp3) is 0.600. The van der Waals surface area contributed by atoms with Gasteiger partial charge in [-0.2, -0.15) is 0 Å². The molecule has 0 saturated carbocycles. The van der Waals surface area contributed by atoms with Crippen molar-refractivity contribution in [3.05, 3.63) is 23.4 Å². The van der Waals surface area contributed by atoms with Gasteiger partial charge < -0.3 is 0 Å². The van der Waals surface area contributed by atoms with Gasteiger partial charge in [0.1, 0.15) is 0 Å². The second-order valence-electron chi connectivity index (χ2n) is 4.06. The van der Waals surface area contributed by atoms with E-state index in [0.717, 1.165) is 0 Å². The molecule has 0 aromatic heterocycles. The Balaban J connectivity index is 2.73. The van der Waals surface area contributed by atoms with Crippen molar-refractivity contribution in [2.24, 2.45) is 0 Å². The quantitative estimate of drug-likeness (QED) is 0.523. The van der Waals surface area contributed by atoms with Crippen molar-refractivity contribution in [3.8, 4) is 0 Å². The van der Waals surface area contributed by atoms with Crippen molar-refractivity contribution in [2.45, 2.75) is 38.9 Å². The smallest absolute Gasteiger partial charge is 0.0721 e. The summed E-state index contributed by atoms with van der Waals surface area (Å²) in [6.45, 7) is 7.01. The number of hydrogen-bond acceptors (Lipinski definition) is 0. The maximum atomic E-state index is 2.55. The highest BCUT2D eigenvalue weighted by Gasteiger charge is 2.21. The van der Waals surface area contributed by atoms with Gasteiger partial charge in [0.2, 0.25) is 0 Å². The van der Waals surface area contributed by atoms with Gasteiger partial charge in [0.05, 0.1) is 8.07 Å². The van der Waals surface area contributed by atoms with Crippen molar-refractivity contribution in [2.75, 3.05) is 0 Å². The first-order valence-corrected chi connectivity index (χ1v) is 7.77. The molecule has 0 nitrogen and oxygen atoms in total. The zero-order valence-corrected chi connectivity index (χ0v) is 8.85. The van der Waals surface area contributed by atoms with E-state index in [9.17, 15) is 0 Å². The topological polar surface area (TPSA) is 0 Å². The molecule has 1 aliphatic heterocycles. The Kier molecular flexibility index (Phi) is 2.71. The van der Waals surface area contributed by atoms with E-state index >= 15 is 0 Å². The Morgan fingerprint density at radius 2 is 2.18 bits per heavy atom. The molecule has 0 amide bonds. The molecule has 0 atom stereocenters. The van der Waals surface area contributed by atoms with Gasteiger partial charge >= 0.3 is 0 Å². The number of allylic oxidation sites excluding steroid dienone is 3. The lowest BCUT2D eigenvalue weighted by atomic mass is 10.1. The van der Waals surface area contributed by atoms with Gasteiger partial charge in [-0.05, 0) is 13.3 Å². The minimum absolute atomic E-state index is 0.904. The molecule has 0 spiro atoms. The summed E-state index contributed by atoms with van der Waals surface area (Å²) in [5, 5.41) is 0. The zero-order valence-electron chi connectivity index (χ0n) is 7.85. The van der Waals surface area contributed by atoms with E-state index in [2.05, 4.69) is 37.9 Å². The van der Waals surface area contributed by atoms with E-state index in [4.69, 9.17) is 0 Å². The normalized spacial score (nSPS) is 23.7. The van der Waals surface area contributed by atoms with Crippen molar-refractivity contribution in [1.29, 1.82) is 0 Å². The summed E-state index contributed by atoms with van der Waals surface area (Å²) in [6.07, 6.45) is 7.14. The van der Waals surface area contributed by atoms with Gasteiger partial charge in [0, 0.05) is 0 Å². The minimum atomic E-state index is -0.904. The molecule has 62 valence electrons. The summed E-state index contributed by atoms with van der Waals surface area (Å²) in [5.74, 6) is 0. The first-order valence-electron chi connectivity index (χ1n) is 4.48. The fourth-order valence-electron chi connectivity index (χ4n) is 1.74. The second-order valence-corrected chi connectivity index (χ2v) is 8.83. The van der Waals surface area contributed by atoms with E-state index in [-0.39, 0.29) is 0 Å². The van der Waals surface area contributed by atoms with Crippen LogP contribution in [0.5, 0.6) is 0 Å². The molecular formula is C10H18Si. The Labute approximate surface area is 71.0 Å². The van der Waals surface area contributed by atoms with Crippen molar-refractivity contribution in [1.82, 2.24) is 0 Å². The van der Waals surface area contributed by atoms with Gasteiger partial charge in [-0.1, -0.05) is 49.0 Å². The molecule has 1 heteroatoms. The Morgan fingerprint density at radius 1 is 1.45 bits per heavy atom. The molecule has 0 N–H and O–H groups in total. The number of rotatable bonds is 1. The Hall–Kier alpha value is -0.303. The predicted octanol–water partition coefficient (Wildman–Crippen LogP) is 3.53. The number of hydrogen-bond donors (Lipinski definition) is 0. The lowest BCUT2D eigenvalue weighted by Gasteiger charge is -2.24. The van der Waals surface area contributed by atoms with Crippen LogP contribution < -0.4 is 0 Å². The van der Waals surface area contributed by atoms with Crippen LogP contribution in [0.25, 0.3) is 0 Å². The van der Waals surface area contributed by atoms with Crippen molar-refractivity contribution >= 4 is 8.07 Å². The van der Waals surface area contributed by atoms with E-state index < -0.39 is 8.07 Å². The van der Waals surface area contributed by atoms with Gasteiger partial charge in [-0.15, -0.1) is 0 Å². The third-order valence-corrected chi connectivity index (χ3v) is 5.04. The molecule has 1 rings (SSSR count). The highest BCUT2D eigenvalue weighted by molar-refractivity contribution is 6.82. The van der Waals surface area contributed by atoms with Crippen LogP contribution in [-0.2, 0) is 0 Å². The summed E-state index contributed by atoms with van der Waals surface area (Å²) in [6, 6.07) is 1.48. The van der Waals surface area contributed by atoms with E-state index in [1.807, 2.05) is 0 Å². The average Bonchev–Trinajstić information content (AvgIpc) is 1.85. The van der Waals surface area contributed by atoms with E-state index in [1.165, 1.54) is 18.9 Å². The van der Waals surface area contributed by atoms with E-state index in [0.29, 0.717) is 0 Å². The standard InChI is InChI=1S/C10H18Si/c1-4-6-10-7-5-8-11(2,3)9-10/h4,6,9H,5,7-8H2,1-3H3/b6-4-. The SMILES string of the molecule is C/C=C\C1=C[Si](C)(C)CCC1. The summed E-state index contributed by atoms with van der Waals surface area (Å²) < 4.78 is 0. The van der Waals surface area contributed by atoms with Crippen LogP contribution in [0.2, 0.25) is 19.1 Å². The third kappa shape index (κ3) is 2.66. The predicted molar refractivity (Wildman–Crippen MR) is 54.4 cm³/mol. The molecule has 0 aliphatic carbocycles. The first kappa shape index (κ1) is 8.79. The van der Waals surface area contributed by atoms with Crippen LogP contribution in [0.3, 0.4) is 0 Å². The molecule has 0 unspecified atom stereocenters. The maximum Gasteiger partial charge on any atom is 0.0721 e. The molecule has 0 saturated heterocycles. The first-order chi connectivity index (χ1) is 5.14. The summed E-state index contributed by atoms with van der Waals surface area (Å²) in [7, 11) is -0.904. The van der Waals surface area contributed by atoms with Crippen LogP contribution in [0.4, 0.5) is 0 Å². The molecule has 0 aromatic carbocycles. The molecule has 0 bridgehead atoms. The third-order valence-electron chi connectivity index (χ3n) is 2.24. The lowest BCUT2D eigenvalue weighted by Crippen LogP contribution is -2.25. The van der Waals surface area contributed by atoms with E-state index in [1.54, 1.807) is 5.57 Å². The van der Waals surface area contributed by atoms with Gasteiger partial charge in [0.25, 0.3) is 0 Å². The summed E-state index contributed by atoms with van der Waals surface area (Å²) >= 11 is 0. The average molecular weight is 166 g/mol. The van der Waals surface area contributed by atoms with Crippen LogP contribution in [0, 0.1) is 0 Å². The summed E-state index contributed by atoms with van der Waals surface area (Å²) in [5.41, 5.74) is 4.13. The molecule has 0 aromatic rings. The van der Waals surface area contributed by atoms with Crippen molar-refractivity contribution in [3.63, 3.8) is 0 Å². The largest absolute Gasteiger partial charge is 0.0916 e. The lowest BCUT2D eigenvalue weighted by molar-refractivity contribution is 0.890. The van der Waals surface area contributed by atoms with Gasteiger partial charge in [-0.25, -0.2) is 0 Å². The highest BCUT2D eigenvalue weighted by atomic mass is 28.3. The maximum absolute atomic E-state index is 2.55. The molecule has 0 radical (unpaired) electrons. The Bertz CT molecular complexity index is 187. The van der Waals surface area contributed by atoms with Crippen LogP contribution in [-0.4, -0.2) is 8.07 Å². The minimum Gasteiger partial charge on any atom is -0.0916 e. The molecular weight excluding hydrogens is 148 g/mol. The molecule has 1 aliphatic rings. The van der Waals surface area contributed by atoms with Gasteiger partial charge in [-0.3, -0.25) is 0 Å². The monoisotopic (exact) mass is 166 g/mol. The van der Waals surface area contributed by atoms with Crippen molar-refractivity contribution < 1.29 is 0 Å². The highest BCUT2D eigenvalue weighted by Crippen LogP contribution is 2.26. The van der Waals surface area contributed by atoms with Crippen LogP contribution in [0.1, 0.15) is 19.8 Å². The van der Waals surface area contributed by atoms with Gasteiger partial charge in [0.15, 0.2) is 0 Å². The molecule has 0 fully saturated rings. The molecule has 11 heavy (non-hydrogen) atoms. The molecule has 1 heterocycles. The second kappa shape index (κ2) is 3.40. The van der Waals surface area contributed by atoms with Crippen LogP contribution >= 0.6 is 0 Å². The zero-order chi connectivity index (χ0) is 8.32. The Morgan fingerprint density at radius 3 is 2.73 bits per heavy atom.